The van der Waals surface area contributed by atoms with Crippen LogP contribution >= 0.6 is 0 Å². The molecule has 0 radical (unpaired) electrons. The molecule has 0 aliphatic rings. The standard InChI is InChI=1S/C12H24SeTe/c1-4-6-8-9-12(11-13-3)14-10-7-5-2/h11H,4-10H2,1-3H3. The van der Waals surface area contributed by atoms with E-state index in [2.05, 4.69) is 24.6 Å². The Bertz CT molecular complexity index is 131. The SMILES string of the molecule is CCCCCC(=C[Se]C)[Te]CCCC. The number of hydrogen-bond donors (Lipinski definition) is 0. The van der Waals surface area contributed by atoms with Crippen LogP contribution in [0, 0.1) is 0 Å². The molecule has 2 heteroatoms. The summed E-state index contributed by atoms with van der Waals surface area (Å²) in [6.45, 7) is 4.60. The normalized spacial score (nSPS) is 12.1. The Labute approximate surface area is 107 Å². The maximum atomic E-state index is 2.57. The summed E-state index contributed by atoms with van der Waals surface area (Å²) in [5.74, 6) is 2.33. The van der Waals surface area contributed by atoms with Crippen LogP contribution < -0.4 is 0 Å². The molecule has 0 nitrogen and oxygen atoms in total. The summed E-state index contributed by atoms with van der Waals surface area (Å²) in [6, 6.07) is 0. The van der Waals surface area contributed by atoms with Crippen LogP contribution in [0.1, 0.15) is 52.4 Å². The minimum atomic E-state index is 0.230. The first-order valence-corrected chi connectivity index (χ1v) is 11.2. The second kappa shape index (κ2) is 12.1. The van der Waals surface area contributed by atoms with Gasteiger partial charge in [0, 0.05) is 0 Å². The van der Waals surface area contributed by atoms with E-state index in [1.807, 2.05) is 3.62 Å². The van der Waals surface area contributed by atoms with Crippen LogP contribution in [0.4, 0.5) is 0 Å². The van der Waals surface area contributed by atoms with E-state index in [1.54, 1.807) is 0 Å². The van der Waals surface area contributed by atoms with Crippen LogP contribution in [0.2, 0.25) is 10.3 Å². The van der Waals surface area contributed by atoms with Gasteiger partial charge >= 0.3 is 107 Å². The first kappa shape index (κ1) is 15.0. The van der Waals surface area contributed by atoms with Gasteiger partial charge in [-0.15, -0.1) is 0 Å². The van der Waals surface area contributed by atoms with Crippen molar-refractivity contribution in [1.82, 2.24) is 0 Å². The maximum absolute atomic E-state index is 2.57. The van der Waals surface area contributed by atoms with Gasteiger partial charge in [-0.2, -0.15) is 0 Å². The second-order valence-corrected chi connectivity index (χ2v) is 8.45. The summed E-state index contributed by atoms with van der Waals surface area (Å²) in [5, 5.41) is 0. The van der Waals surface area contributed by atoms with Gasteiger partial charge in [0.1, 0.15) is 0 Å². The van der Waals surface area contributed by atoms with Crippen LogP contribution in [-0.4, -0.2) is 35.9 Å². The summed E-state index contributed by atoms with van der Waals surface area (Å²) < 4.78 is 3.41. The third kappa shape index (κ3) is 9.60. The molecule has 0 N–H and O–H groups in total. The Morgan fingerprint density at radius 1 is 1.14 bits per heavy atom. The van der Waals surface area contributed by atoms with E-state index < -0.39 is 0 Å². The molecule has 0 aliphatic carbocycles. The summed E-state index contributed by atoms with van der Waals surface area (Å²) in [7, 11) is 0. The zero-order valence-corrected chi connectivity index (χ0v) is 13.9. The van der Waals surface area contributed by atoms with Gasteiger partial charge in [-0.1, -0.05) is 0 Å². The summed E-state index contributed by atoms with van der Waals surface area (Å²) in [4.78, 5) is 2.57. The van der Waals surface area contributed by atoms with Gasteiger partial charge in [-0.3, -0.25) is 0 Å². The fraction of sp³-hybridized carbons (Fsp3) is 0.833. The number of unbranched alkanes of at least 4 members (excludes halogenated alkanes) is 3. The van der Waals surface area contributed by atoms with Crippen LogP contribution in [0.5, 0.6) is 0 Å². The third-order valence-corrected chi connectivity index (χ3v) is 7.58. The average molecular weight is 375 g/mol. The van der Waals surface area contributed by atoms with Crippen molar-refractivity contribution in [3.63, 3.8) is 0 Å². The molecule has 84 valence electrons. The van der Waals surface area contributed by atoms with Crippen molar-refractivity contribution in [3.05, 3.63) is 8.60 Å². The summed E-state index contributed by atoms with van der Waals surface area (Å²) in [5.41, 5.74) is 0. The average Bonchev–Trinajstić information content (AvgIpc) is 2.18. The van der Waals surface area contributed by atoms with Gasteiger partial charge in [0.2, 0.25) is 0 Å². The fourth-order valence-electron chi connectivity index (χ4n) is 1.19. The Balaban J connectivity index is 3.61. The van der Waals surface area contributed by atoms with Crippen LogP contribution in [0.3, 0.4) is 0 Å². The van der Waals surface area contributed by atoms with Gasteiger partial charge in [-0.25, -0.2) is 0 Å². The summed E-state index contributed by atoms with van der Waals surface area (Å²) in [6.07, 6.45) is 8.49. The van der Waals surface area contributed by atoms with Crippen molar-refractivity contribution in [2.45, 2.75) is 62.7 Å². The van der Waals surface area contributed by atoms with Crippen LogP contribution in [0.25, 0.3) is 0 Å². The van der Waals surface area contributed by atoms with Gasteiger partial charge in [0.15, 0.2) is 0 Å². The van der Waals surface area contributed by atoms with E-state index in [1.165, 1.54) is 43.0 Å². The van der Waals surface area contributed by atoms with Crippen LogP contribution in [-0.2, 0) is 0 Å². The molecule has 0 aromatic heterocycles. The first-order chi connectivity index (χ1) is 6.85. The molecule has 0 heterocycles. The van der Waals surface area contributed by atoms with E-state index in [9.17, 15) is 0 Å². The molecule has 0 saturated carbocycles. The van der Waals surface area contributed by atoms with Crippen molar-refractivity contribution in [2.75, 3.05) is 0 Å². The van der Waals surface area contributed by atoms with Gasteiger partial charge < -0.3 is 0 Å². The molecular weight excluding hydrogens is 351 g/mol. The molecule has 14 heavy (non-hydrogen) atoms. The van der Waals surface area contributed by atoms with E-state index >= 15 is 0 Å². The van der Waals surface area contributed by atoms with Crippen molar-refractivity contribution in [1.29, 1.82) is 0 Å². The number of allylic oxidation sites excluding steroid dienone is 1. The molecule has 0 aromatic rings. The van der Waals surface area contributed by atoms with E-state index in [4.69, 9.17) is 0 Å². The van der Waals surface area contributed by atoms with E-state index in [0.717, 1.165) is 15.0 Å². The Kier molecular flexibility index (Phi) is 13.0. The molecule has 0 spiro atoms. The molecular formula is C12H24SeTe. The predicted octanol–water partition coefficient (Wildman–Crippen LogP) is 4.08. The van der Waals surface area contributed by atoms with E-state index in [0.29, 0.717) is 0 Å². The van der Waals surface area contributed by atoms with Crippen molar-refractivity contribution >= 4 is 35.9 Å². The Morgan fingerprint density at radius 2 is 1.86 bits per heavy atom. The summed E-state index contributed by atoms with van der Waals surface area (Å²) >= 11 is 0.992. The molecule has 0 fully saturated rings. The molecule has 0 amide bonds. The van der Waals surface area contributed by atoms with Gasteiger partial charge in [0.25, 0.3) is 0 Å². The Hall–Kier alpha value is 1.05. The minimum absolute atomic E-state index is 0.230. The first-order valence-electron chi connectivity index (χ1n) is 5.69. The van der Waals surface area contributed by atoms with Crippen molar-refractivity contribution < 1.29 is 0 Å². The van der Waals surface area contributed by atoms with Gasteiger partial charge in [0.05, 0.1) is 0 Å². The number of rotatable bonds is 9. The van der Waals surface area contributed by atoms with Crippen molar-refractivity contribution in [2.24, 2.45) is 0 Å². The molecule has 0 bridgehead atoms. The monoisotopic (exact) mass is 378 g/mol. The molecule has 0 rings (SSSR count). The zero-order chi connectivity index (χ0) is 10.6. The zero-order valence-electron chi connectivity index (χ0n) is 9.84. The Morgan fingerprint density at radius 3 is 2.43 bits per heavy atom. The topological polar surface area (TPSA) is 0 Å². The van der Waals surface area contributed by atoms with Crippen molar-refractivity contribution in [3.8, 4) is 0 Å². The predicted molar refractivity (Wildman–Crippen MR) is 69.3 cm³/mol. The second-order valence-electron chi connectivity index (χ2n) is 3.48. The van der Waals surface area contributed by atoms with Crippen LogP contribution in [0.15, 0.2) is 8.60 Å². The fourth-order valence-corrected chi connectivity index (χ4v) is 7.38. The van der Waals surface area contributed by atoms with Gasteiger partial charge in [-0.05, 0) is 0 Å². The van der Waals surface area contributed by atoms with E-state index in [-0.39, 0.29) is 20.9 Å². The molecule has 0 atom stereocenters. The molecule has 0 aliphatic heterocycles. The number of hydrogen-bond acceptors (Lipinski definition) is 0. The quantitative estimate of drug-likeness (QED) is 0.421. The third-order valence-electron chi connectivity index (χ3n) is 2.06. The molecule has 0 saturated heterocycles. The molecule has 0 unspecified atom stereocenters. The molecule has 0 aromatic carbocycles.